The Morgan fingerprint density at radius 2 is 1.77 bits per heavy atom. The average Bonchev–Trinajstić information content (AvgIpc) is 3.24. The van der Waals surface area contributed by atoms with Gasteiger partial charge in [-0.05, 0) is 61.2 Å². The van der Waals surface area contributed by atoms with E-state index in [0.717, 1.165) is 42.9 Å². The molecule has 3 aromatic rings. The van der Waals surface area contributed by atoms with Crippen LogP contribution in [0.5, 0.6) is 0 Å². The lowest BCUT2D eigenvalue weighted by Crippen LogP contribution is -2.24. The fraction of sp³-hybridized carbons (Fsp3) is 0.240. The highest BCUT2D eigenvalue weighted by Gasteiger charge is 2.11. The first-order valence-electron chi connectivity index (χ1n) is 10.1. The highest BCUT2D eigenvalue weighted by Crippen LogP contribution is 2.29. The number of nitrogens with zero attached hydrogens (tertiary/aromatic N) is 1. The van der Waals surface area contributed by atoms with E-state index in [4.69, 9.17) is 5.21 Å². The van der Waals surface area contributed by atoms with Crippen molar-refractivity contribution in [3.05, 3.63) is 94.9 Å². The Balaban J connectivity index is 1.74. The van der Waals surface area contributed by atoms with Crippen LogP contribution in [0.3, 0.4) is 0 Å². The molecule has 0 spiro atoms. The van der Waals surface area contributed by atoms with Gasteiger partial charge in [0.15, 0.2) is 0 Å². The summed E-state index contributed by atoms with van der Waals surface area (Å²) in [6.07, 6.45) is 2.13. The largest absolute Gasteiger partial charge is 0.295 e. The van der Waals surface area contributed by atoms with Gasteiger partial charge in [-0.25, -0.2) is 5.48 Å². The SMILES string of the molecule is C=C(C)CCCN(Cc1ccccc1)Cc1cccc(-c2ccc(C(=O)NO)s2)c1. The van der Waals surface area contributed by atoms with E-state index in [1.54, 1.807) is 11.5 Å². The molecule has 2 aromatic carbocycles. The van der Waals surface area contributed by atoms with Crippen LogP contribution >= 0.6 is 11.3 Å². The van der Waals surface area contributed by atoms with Gasteiger partial charge < -0.3 is 0 Å². The maximum absolute atomic E-state index is 11.6. The molecule has 5 heteroatoms. The Bertz CT molecular complexity index is 982. The number of nitrogens with one attached hydrogen (secondary N) is 1. The number of rotatable bonds is 10. The van der Waals surface area contributed by atoms with Crippen LogP contribution in [0.4, 0.5) is 0 Å². The molecule has 0 aliphatic rings. The maximum Gasteiger partial charge on any atom is 0.284 e. The molecule has 1 amide bonds. The molecule has 4 nitrogen and oxygen atoms in total. The zero-order valence-electron chi connectivity index (χ0n) is 17.3. The molecule has 1 aromatic heterocycles. The van der Waals surface area contributed by atoms with Crippen molar-refractivity contribution < 1.29 is 10.0 Å². The summed E-state index contributed by atoms with van der Waals surface area (Å²) in [7, 11) is 0. The summed E-state index contributed by atoms with van der Waals surface area (Å²) in [4.78, 5) is 15.6. The van der Waals surface area contributed by atoms with Crippen LogP contribution in [0.2, 0.25) is 0 Å². The molecule has 2 N–H and O–H groups in total. The molecule has 0 aliphatic carbocycles. The molecular formula is C25H28N2O2S. The fourth-order valence-electron chi connectivity index (χ4n) is 3.41. The summed E-state index contributed by atoms with van der Waals surface area (Å²) >= 11 is 1.37. The number of carbonyl (C=O) groups is 1. The number of hydroxylamine groups is 1. The molecule has 0 unspecified atom stereocenters. The zero-order valence-corrected chi connectivity index (χ0v) is 18.1. The number of hydrogen-bond acceptors (Lipinski definition) is 4. The van der Waals surface area contributed by atoms with E-state index in [1.807, 2.05) is 12.1 Å². The second-order valence-corrected chi connectivity index (χ2v) is 8.65. The number of thiophene rings is 1. The zero-order chi connectivity index (χ0) is 21.3. The third-order valence-electron chi connectivity index (χ3n) is 4.88. The molecule has 30 heavy (non-hydrogen) atoms. The minimum absolute atomic E-state index is 0.478. The Hall–Kier alpha value is -2.73. The quantitative estimate of drug-likeness (QED) is 0.244. The molecule has 0 bridgehead atoms. The summed E-state index contributed by atoms with van der Waals surface area (Å²) in [5.74, 6) is -0.478. The summed E-state index contributed by atoms with van der Waals surface area (Å²) in [5, 5.41) is 8.83. The van der Waals surface area contributed by atoms with Gasteiger partial charge in [0.25, 0.3) is 5.91 Å². The Morgan fingerprint density at radius 3 is 2.50 bits per heavy atom. The summed E-state index contributed by atoms with van der Waals surface area (Å²) in [5.41, 5.74) is 6.54. The third kappa shape index (κ3) is 6.39. The summed E-state index contributed by atoms with van der Waals surface area (Å²) in [6.45, 7) is 8.87. The van der Waals surface area contributed by atoms with Crippen molar-refractivity contribution >= 4 is 17.2 Å². The highest BCUT2D eigenvalue weighted by atomic mass is 32.1. The van der Waals surface area contributed by atoms with E-state index in [1.165, 1.54) is 28.0 Å². The number of carbonyl (C=O) groups excluding carboxylic acids is 1. The Labute approximate surface area is 182 Å². The Morgan fingerprint density at radius 1 is 1.03 bits per heavy atom. The van der Waals surface area contributed by atoms with Crippen LogP contribution in [0, 0.1) is 0 Å². The van der Waals surface area contributed by atoms with Gasteiger partial charge in [-0.3, -0.25) is 14.9 Å². The third-order valence-corrected chi connectivity index (χ3v) is 6.01. The summed E-state index contributed by atoms with van der Waals surface area (Å²) < 4.78 is 0. The van der Waals surface area contributed by atoms with Crippen LogP contribution in [-0.4, -0.2) is 22.6 Å². The van der Waals surface area contributed by atoms with E-state index in [2.05, 4.69) is 66.9 Å². The number of benzene rings is 2. The molecule has 0 aliphatic heterocycles. The minimum Gasteiger partial charge on any atom is -0.295 e. The second kappa shape index (κ2) is 10.9. The van der Waals surface area contributed by atoms with Crippen LogP contribution < -0.4 is 5.48 Å². The number of hydrogen-bond donors (Lipinski definition) is 2. The van der Waals surface area contributed by atoms with E-state index in [-0.39, 0.29) is 0 Å². The van der Waals surface area contributed by atoms with Crippen molar-refractivity contribution in [3.63, 3.8) is 0 Å². The van der Waals surface area contributed by atoms with Gasteiger partial charge in [0.1, 0.15) is 0 Å². The lowest BCUT2D eigenvalue weighted by Gasteiger charge is -2.23. The molecule has 0 saturated carbocycles. The van der Waals surface area contributed by atoms with Gasteiger partial charge in [0.2, 0.25) is 0 Å². The van der Waals surface area contributed by atoms with Crippen molar-refractivity contribution in [2.75, 3.05) is 6.54 Å². The van der Waals surface area contributed by atoms with Crippen LogP contribution in [0.25, 0.3) is 10.4 Å². The predicted molar refractivity (Wildman–Crippen MR) is 124 cm³/mol. The van der Waals surface area contributed by atoms with Crippen molar-refractivity contribution in [1.82, 2.24) is 10.4 Å². The second-order valence-electron chi connectivity index (χ2n) is 7.56. The smallest absolute Gasteiger partial charge is 0.284 e. The first-order chi connectivity index (χ1) is 14.5. The minimum atomic E-state index is -0.478. The normalized spacial score (nSPS) is 10.9. The van der Waals surface area contributed by atoms with Gasteiger partial charge in [0.05, 0.1) is 4.88 Å². The van der Waals surface area contributed by atoms with E-state index in [9.17, 15) is 4.79 Å². The lowest BCUT2D eigenvalue weighted by molar-refractivity contribution is 0.0711. The number of allylic oxidation sites excluding steroid dienone is 1. The van der Waals surface area contributed by atoms with E-state index >= 15 is 0 Å². The first-order valence-corrected chi connectivity index (χ1v) is 10.9. The molecule has 0 atom stereocenters. The van der Waals surface area contributed by atoms with E-state index < -0.39 is 5.91 Å². The monoisotopic (exact) mass is 420 g/mol. The van der Waals surface area contributed by atoms with Gasteiger partial charge in [-0.15, -0.1) is 17.9 Å². The average molecular weight is 421 g/mol. The number of amides is 1. The van der Waals surface area contributed by atoms with Crippen molar-refractivity contribution in [2.45, 2.75) is 32.9 Å². The van der Waals surface area contributed by atoms with Crippen LogP contribution in [0.1, 0.15) is 40.6 Å². The lowest BCUT2D eigenvalue weighted by atomic mass is 10.1. The molecular weight excluding hydrogens is 392 g/mol. The molecule has 1 heterocycles. The molecule has 3 rings (SSSR count). The van der Waals surface area contributed by atoms with Gasteiger partial charge in [-0.2, -0.15) is 0 Å². The van der Waals surface area contributed by atoms with Gasteiger partial charge >= 0.3 is 0 Å². The maximum atomic E-state index is 11.6. The molecule has 0 fully saturated rings. The topological polar surface area (TPSA) is 52.6 Å². The van der Waals surface area contributed by atoms with Crippen molar-refractivity contribution in [3.8, 4) is 10.4 Å². The van der Waals surface area contributed by atoms with Crippen LogP contribution in [0.15, 0.2) is 78.9 Å². The summed E-state index contributed by atoms with van der Waals surface area (Å²) in [6, 6.07) is 22.6. The Kier molecular flexibility index (Phi) is 7.97. The van der Waals surface area contributed by atoms with Crippen molar-refractivity contribution in [1.29, 1.82) is 0 Å². The highest BCUT2D eigenvalue weighted by molar-refractivity contribution is 7.17. The molecule has 0 radical (unpaired) electrons. The molecule has 0 saturated heterocycles. The fourth-order valence-corrected chi connectivity index (χ4v) is 4.30. The van der Waals surface area contributed by atoms with Crippen LogP contribution in [-0.2, 0) is 13.1 Å². The van der Waals surface area contributed by atoms with E-state index in [0.29, 0.717) is 4.88 Å². The first kappa shape index (κ1) is 22.0. The van der Waals surface area contributed by atoms with Gasteiger partial charge in [-0.1, -0.05) is 54.1 Å². The predicted octanol–water partition coefficient (Wildman–Crippen LogP) is 5.89. The molecule has 156 valence electrons. The standard InChI is InChI=1S/C25H28N2O2S/c1-19(2)8-7-15-27(17-20-9-4-3-5-10-20)18-21-11-6-12-22(16-21)23-13-14-24(30-23)25(28)26-29/h3-6,9-14,16,29H,1,7-8,15,17-18H2,2H3,(H,26,28). The van der Waals surface area contributed by atoms with Crippen molar-refractivity contribution in [2.24, 2.45) is 0 Å². The van der Waals surface area contributed by atoms with Gasteiger partial charge in [0, 0.05) is 18.0 Å².